The predicted octanol–water partition coefficient (Wildman–Crippen LogP) is 4.75. The van der Waals surface area contributed by atoms with Crippen molar-refractivity contribution in [2.75, 3.05) is 6.61 Å². The third-order valence-electron chi connectivity index (χ3n) is 5.13. The Morgan fingerprint density at radius 2 is 1.84 bits per heavy atom. The van der Waals surface area contributed by atoms with Gasteiger partial charge in [0.05, 0.1) is 22.8 Å². The molecule has 166 valence electrons. The van der Waals surface area contributed by atoms with Gasteiger partial charge in [0.25, 0.3) is 5.56 Å². The Morgan fingerprint density at radius 3 is 2.66 bits per heavy atom. The number of imidazole rings is 1. The van der Waals surface area contributed by atoms with Crippen LogP contribution in [0.2, 0.25) is 0 Å². The van der Waals surface area contributed by atoms with Crippen LogP contribution in [-0.4, -0.2) is 31.8 Å². The first-order chi connectivity index (χ1) is 15.6. The molecule has 0 amide bonds. The van der Waals surface area contributed by atoms with Gasteiger partial charge in [0.15, 0.2) is 5.16 Å². The van der Waals surface area contributed by atoms with Crippen molar-refractivity contribution in [1.82, 2.24) is 19.1 Å². The minimum Gasteiger partial charge on any atom is -0.379 e. The highest BCUT2D eigenvalue weighted by molar-refractivity contribution is 7.98. The molecule has 0 unspecified atom stereocenters. The maximum absolute atomic E-state index is 13.2. The summed E-state index contributed by atoms with van der Waals surface area (Å²) in [7, 11) is 0. The summed E-state index contributed by atoms with van der Waals surface area (Å²) in [6.07, 6.45) is 4.75. The molecule has 0 bridgehead atoms. The molecule has 0 aliphatic rings. The van der Waals surface area contributed by atoms with Gasteiger partial charge in [-0.05, 0) is 38.0 Å². The van der Waals surface area contributed by atoms with Gasteiger partial charge in [-0.1, -0.05) is 54.2 Å². The Hall–Kier alpha value is -2.90. The fourth-order valence-corrected chi connectivity index (χ4v) is 4.52. The topological polar surface area (TPSA) is 61.9 Å². The first-order valence-corrected chi connectivity index (χ1v) is 11.9. The average Bonchev–Trinajstić information content (AvgIpc) is 3.24. The molecule has 0 fully saturated rings. The molecule has 7 heteroatoms. The molecule has 0 N–H and O–H groups in total. The molecule has 0 radical (unpaired) electrons. The van der Waals surface area contributed by atoms with Crippen molar-refractivity contribution in [1.29, 1.82) is 0 Å². The highest BCUT2D eigenvalue weighted by atomic mass is 32.2. The van der Waals surface area contributed by atoms with Gasteiger partial charge in [-0.2, -0.15) is 0 Å². The third-order valence-corrected chi connectivity index (χ3v) is 6.10. The number of rotatable bonds is 10. The highest BCUT2D eigenvalue weighted by Crippen LogP contribution is 2.22. The normalized spacial score (nSPS) is 11.5. The molecule has 32 heavy (non-hydrogen) atoms. The molecule has 4 aromatic rings. The molecular formula is C25H28N4O2S. The van der Waals surface area contributed by atoms with E-state index in [1.54, 1.807) is 16.3 Å². The predicted molar refractivity (Wildman–Crippen MR) is 129 cm³/mol. The third kappa shape index (κ3) is 5.47. The van der Waals surface area contributed by atoms with Gasteiger partial charge in [0, 0.05) is 32.1 Å². The van der Waals surface area contributed by atoms with E-state index in [2.05, 4.69) is 21.7 Å². The number of nitrogens with zero attached hydrogens (tertiary/aromatic N) is 4. The van der Waals surface area contributed by atoms with Crippen molar-refractivity contribution in [3.63, 3.8) is 0 Å². The number of thioether (sulfide) groups is 1. The van der Waals surface area contributed by atoms with Gasteiger partial charge in [0.1, 0.15) is 5.82 Å². The van der Waals surface area contributed by atoms with Crippen molar-refractivity contribution in [2.24, 2.45) is 0 Å². The van der Waals surface area contributed by atoms with Crippen LogP contribution in [0, 0.1) is 0 Å². The van der Waals surface area contributed by atoms with E-state index in [4.69, 9.17) is 9.72 Å². The van der Waals surface area contributed by atoms with E-state index in [1.807, 2.05) is 68.7 Å². The molecule has 0 atom stereocenters. The Labute approximate surface area is 192 Å². The second-order valence-corrected chi connectivity index (χ2v) is 8.83. The smallest absolute Gasteiger partial charge is 0.262 e. The number of hydrogen-bond donors (Lipinski definition) is 0. The van der Waals surface area contributed by atoms with E-state index >= 15 is 0 Å². The summed E-state index contributed by atoms with van der Waals surface area (Å²) in [5.41, 5.74) is 1.94. The number of para-hydroxylation sites is 1. The Kier molecular flexibility index (Phi) is 7.39. The molecule has 2 aromatic heterocycles. The summed E-state index contributed by atoms with van der Waals surface area (Å²) < 4.78 is 9.59. The first-order valence-electron chi connectivity index (χ1n) is 10.9. The van der Waals surface area contributed by atoms with E-state index in [-0.39, 0.29) is 11.7 Å². The van der Waals surface area contributed by atoms with Gasteiger partial charge in [-0.15, -0.1) is 0 Å². The average molecular weight is 449 g/mol. The zero-order valence-electron chi connectivity index (χ0n) is 18.5. The lowest BCUT2D eigenvalue weighted by Crippen LogP contribution is -2.24. The number of aromatic nitrogens is 4. The molecule has 0 aliphatic carbocycles. The summed E-state index contributed by atoms with van der Waals surface area (Å²) >= 11 is 1.55. The van der Waals surface area contributed by atoms with E-state index < -0.39 is 0 Å². The number of hydrogen-bond acceptors (Lipinski definition) is 5. The molecule has 0 saturated heterocycles. The first kappa shape index (κ1) is 22.3. The Bertz CT molecular complexity index is 1220. The van der Waals surface area contributed by atoms with Crippen LogP contribution in [0.1, 0.15) is 31.7 Å². The van der Waals surface area contributed by atoms with Crippen LogP contribution in [-0.2, 0) is 23.6 Å². The van der Waals surface area contributed by atoms with Crippen LogP contribution < -0.4 is 5.56 Å². The molecular weight excluding hydrogens is 420 g/mol. The quantitative estimate of drug-likeness (QED) is 0.199. The second-order valence-electron chi connectivity index (χ2n) is 7.89. The van der Waals surface area contributed by atoms with E-state index in [0.717, 1.165) is 24.3 Å². The zero-order chi connectivity index (χ0) is 22.3. The van der Waals surface area contributed by atoms with Gasteiger partial charge in [0.2, 0.25) is 0 Å². The Morgan fingerprint density at radius 1 is 1.06 bits per heavy atom. The second kappa shape index (κ2) is 10.6. The molecule has 6 nitrogen and oxygen atoms in total. The summed E-state index contributed by atoms with van der Waals surface area (Å²) in [5.74, 6) is 1.59. The monoisotopic (exact) mass is 448 g/mol. The van der Waals surface area contributed by atoms with Crippen molar-refractivity contribution >= 4 is 22.7 Å². The fraction of sp³-hybridized carbons (Fsp3) is 0.320. The molecule has 0 aliphatic heterocycles. The van der Waals surface area contributed by atoms with Crippen molar-refractivity contribution in [2.45, 2.75) is 50.4 Å². The number of fused-ring (bicyclic) bond motifs is 1. The fourth-order valence-electron chi connectivity index (χ4n) is 3.53. The summed E-state index contributed by atoms with van der Waals surface area (Å²) in [5, 5.41) is 1.36. The van der Waals surface area contributed by atoms with Crippen LogP contribution in [0.3, 0.4) is 0 Å². The standard InChI is InChI=1S/C25H28N4O2S/c1-19(2)31-16-8-14-29-24(30)21-11-6-7-12-22(21)27-25(29)32-18-23-26-13-15-28(23)17-20-9-4-3-5-10-20/h3-7,9-13,15,19H,8,14,16-18H2,1-2H3. The molecule has 0 spiro atoms. The number of benzene rings is 2. The van der Waals surface area contributed by atoms with Gasteiger partial charge in [-0.25, -0.2) is 9.97 Å². The van der Waals surface area contributed by atoms with Crippen LogP contribution in [0.15, 0.2) is 76.9 Å². The zero-order valence-corrected chi connectivity index (χ0v) is 19.3. The lowest BCUT2D eigenvalue weighted by atomic mass is 10.2. The minimum absolute atomic E-state index is 0.00438. The maximum atomic E-state index is 13.2. The Balaban J connectivity index is 1.55. The number of ether oxygens (including phenoxy) is 1. The van der Waals surface area contributed by atoms with Crippen LogP contribution in [0.5, 0.6) is 0 Å². The van der Waals surface area contributed by atoms with Gasteiger partial charge >= 0.3 is 0 Å². The van der Waals surface area contributed by atoms with E-state index in [9.17, 15) is 4.79 Å². The lowest BCUT2D eigenvalue weighted by Gasteiger charge is -2.14. The van der Waals surface area contributed by atoms with Crippen molar-refractivity contribution < 1.29 is 4.74 Å². The largest absolute Gasteiger partial charge is 0.379 e. The highest BCUT2D eigenvalue weighted by Gasteiger charge is 2.13. The van der Waals surface area contributed by atoms with Gasteiger partial charge in [-0.3, -0.25) is 9.36 Å². The van der Waals surface area contributed by atoms with Crippen molar-refractivity contribution in [3.8, 4) is 0 Å². The van der Waals surface area contributed by atoms with Crippen LogP contribution >= 0.6 is 11.8 Å². The molecule has 4 rings (SSSR count). The molecule has 0 saturated carbocycles. The van der Waals surface area contributed by atoms with Crippen LogP contribution in [0.25, 0.3) is 10.9 Å². The lowest BCUT2D eigenvalue weighted by molar-refractivity contribution is 0.0743. The molecule has 2 aromatic carbocycles. The van der Waals surface area contributed by atoms with E-state index in [1.165, 1.54) is 5.56 Å². The van der Waals surface area contributed by atoms with Gasteiger partial charge < -0.3 is 9.30 Å². The van der Waals surface area contributed by atoms with Crippen LogP contribution in [0.4, 0.5) is 0 Å². The maximum Gasteiger partial charge on any atom is 0.262 e. The summed E-state index contributed by atoms with van der Waals surface area (Å²) in [4.78, 5) is 22.5. The SMILES string of the molecule is CC(C)OCCCn1c(SCc2nccn2Cc2ccccc2)nc2ccccc2c1=O. The van der Waals surface area contributed by atoms with E-state index in [0.29, 0.717) is 29.4 Å². The molecule has 2 heterocycles. The summed E-state index contributed by atoms with van der Waals surface area (Å²) in [6.45, 7) is 5.99. The minimum atomic E-state index is -0.00438. The summed E-state index contributed by atoms with van der Waals surface area (Å²) in [6, 6.07) is 17.9. The van der Waals surface area contributed by atoms with Crippen molar-refractivity contribution in [3.05, 3.63) is 88.7 Å².